The minimum absolute atomic E-state index is 0.0889. The fraction of sp³-hybridized carbons (Fsp3) is 0.765. The molecule has 0 amide bonds. The molecule has 0 spiro atoms. The average molecular weight is 308 g/mol. The standard InChI is InChI=1S/C17H24O5/c1-8-11-5-12-9(2)16(20)21-15(12)7-17(4,22-10(3)18)13(11)6-14(8)19/h8,11,13-15,19H,5-7H2,1-4H3/t8-,11+,13-,14-,15+,17-/m1/s1. The number of hydrogen-bond donors (Lipinski definition) is 1. The summed E-state index contributed by atoms with van der Waals surface area (Å²) in [5, 5.41) is 10.3. The second-order valence-corrected chi connectivity index (χ2v) is 7.29. The maximum atomic E-state index is 11.9. The fourth-order valence-corrected chi connectivity index (χ4v) is 4.66. The van der Waals surface area contributed by atoms with Gasteiger partial charge in [0.2, 0.25) is 0 Å². The van der Waals surface area contributed by atoms with Crippen LogP contribution >= 0.6 is 0 Å². The number of carbonyl (C=O) groups is 2. The van der Waals surface area contributed by atoms with Gasteiger partial charge in [0.25, 0.3) is 0 Å². The van der Waals surface area contributed by atoms with Crippen LogP contribution in [0.1, 0.15) is 47.0 Å². The van der Waals surface area contributed by atoms with Crippen molar-refractivity contribution >= 4 is 11.9 Å². The third-order valence-corrected chi connectivity index (χ3v) is 5.93. The van der Waals surface area contributed by atoms with E-state index in [1.54, 1.807) is 6.92 Å². The minimum atomic E-state index is -0.709. The third-order valence-electron chi connectivity index (χ3n) is 5.93. The number of rotatable bonds is 1. The summed E-state index contributed by atoms with van der Waals surface area (Å²) in [5.41, 5.74) is 1.00. The SMILES string of the molecule is CC(=O)O[C@]1(C)C[C@@H]2OC(=O)C(C)=C2C[C@H]2[C@@H](C)[C@H](O)C[C@H]21. The van der Waals surface area contributed by atoms with Crippen molar-refractivity contribution in [3.8, 4) is 0 Å². The van der Waals surface area contributed by atoms with E-state index in [-0.39, 0.29) is 41.9 Å². The molecule has 1 aliphatic heterocycles. The number of carbonyl (C=O) groups excluding carboxylic acids is 2. The Morgan fingerprint density at radius 3 is 2.77 bits per heavy atom. The number of ether oxygens (including phenoxy) is 2. The second-order valence-electron chi connectivity index (χ2n) is 7.29. The molecule has 0 aromatic carbocycles. The highest BCUT2D eigenvalue weighted by molar-refractivity contribution is 5.91. The monoisotopic (exact) mass is 308 g/mol. The molecule has 2 saturated carbocycles. The van der Waals surface area contributed by atoms with Crippen LogP contribution < -0.4 is 0 Å². The van der Waals surface area contributed by atoms with Crippen LogP contribution in [0, 0.1) is 17.8 Å². The Hall–Kier alpha value is -1.36. The maximum Gasteiger partial charge on any atom is 0.334 e. The summed E-state index contributed by atoms with van der Waals surface area (Å²) in [4.78, 5) is 23.5. The van der Waals surface area contributed by atoms with E-state index in [1.807, 2.05) is 13.8 Å². The predicted octanol–water partition coefficient (Wildman–Crippen LogP) is 1.98. The van der Waals surface area contributed by atoms with Crippen LogP contribution in [0.25, 0.3) is 0 Å². The molecule has 0 aromatic rings. The molecular weight excluding hydrogens is 284 g/mol. The topological polar surface area (TPSA) is 72.8 Å². The highest BCUT2D eigenvalue weighted by Crippen LogP contribution is 2.53. The molecule has 1 heterocycles. The molecule has 22 heavy (non-hydrogen) atoms. The number of aliphatic hydroxyl groups excluding tert-OH is 1. The van der Waals surface area contributed by atoms with Gasteiger partial charge in [-0.1, -0.05) is 6.92 Å². The Kier molecular flexibility index (Phi) is 3.59. The van der Waals surface area contributed by atoms with Gasteiger partial charge in [0.1, 0.15) is 11.7 Å². The molecule has 122 valence electrons. The molecule has 1 N–H and O–H groups in total. The summed E-state index contributed by atoms with van der Waals surface area (Å²) in [6.07, 6.45) is 1.16. The third kappa shape index (κ3) is 2.26. The lowest BCUT2D eigenvalue weighted by molar-refractivity contribution is -0.167. The summed E-state index contributed by atoms with van der Waals surface area (Å²) < 4.78 is 11.2. The van der Waals surface area contributed by atoms with Crippen molar-refractivity contribution in [1.82, 2.24) is 0 Å². The maximum absolute atomic E-state index is 11.9. The zero-order valence-corrected chi connectivity index (χ0v) is 13.6. The quantitative estimate of drug-likeness (QED) is 0.750. The molecule has 0 unspecified atom stereocenters. The van der Waals surface area contributed by atoms with Crippen LogP contribution in [0.5, 0.6) is 0 Å². The molecule has 2 fully saturated rings. The van der Waals surface area contributed by atoms with E-state index >= 15 is 0 Å². The Morgan fingerprint density at radius 1 is 1.45 bits per heavy atom. The Labute approximate surface area is 130 Å². The van der Waals surface area contributed by atoms with Crippen molar-refractivity contribution in [2.45, 2.75) is 64.8 Å². The van der Waals surface area contributed by atoms with Gasteiger partial charge in [-0.3, -0.25) is 4.79 Å². The molecule has 3 aliphatic rings. The lowest BCUT2D eigenvalue weighted by Gasteiger charge is -2.37. The van der Waals surface area contributed by atoms with E-state index in [1.165, 1.54) is 6.92 Å². The first kappa shape index (κ1) is 15.5. The zero-order valence-electron chi connectivity index (χ0n) is 13.6. The molecule has 0 aromatic heterocycles. The van der Waals surface area contributed by atoms with Crippen LogP contribution in [0.3, 0.4) is 0 Å². The Morgan fingerprint density at radius 2 is 2.14 bits per heavy atom. The first-order valence-corrected chi connectivity index (χ1v) is 8.01. The van der Waals surface area contributed by atoms with E-state index in [0.717, 1.165) is 12.0 Å². The fourth-order valence-electron chi connectivity index (χ4n) is 4.66. The van der Waals surface area contributed by atoms with Gasteiger partial charge in [-0.05, 0) is 44.1 Å². The highest BCUT2D eigenvalue weighted by Gasteiger charge is 2.55. The van der Waals surface area contributed by atoms with Crippen LogP contribution in [0.15, 0.2) is 11.1 Å². The van der Waals surface area contributed by atoms with Gasteiger partial charge in [0.05, 0.1) is 6.10 Å². The van der Waals surface area contributed by atoms with Gasteiger partial charge < -0.3 is 14.6 Å². The Balaban J connectivity index is 2.02. The largest absolute Gasteiger partial charge is 0.459 e. The minimum Gasteiger partial charge on any atom is -0.459 e. The summed E-state index contributed by atoms with van der Waals surface area (Å²) in [6.45, 7) is 7.17. The zero-order chi connectivity index (χ0) is 16.2. The summed E-state index contributed by atoms with van der Waals surface area (Å²) in [5.74, 6) is -0.192. The molecular formula is C17H24O5. The molecule has 0 bridgehead atoms. The van der Waals surface area contributed by atoms with Gasteiger partial charge in [-0.25, -0.2) is 4.79 Å². The molecule has 3 rings (SSSR count). The van der Waals surface area contributed by atoms with Gasteiger partial charge >= 0.3 is 11.9 Å². The van der Waals surface area contributed by atoms with E-state index in [9.17, 15) is 14.7 Å². The van der Waals surface area contributed by atoms with Crippen molar-refractivity contribution in [3.05, 3.63) is 11.1 Å². The van der Waals surface area contributed by atoms with Crippen LogP contribution in [0.4, 0.5) is 0 Å². The van der Waals surface area contributed by atoms with Crippen LogP contribution in [-0.2, 0) is 19.1 Å². The number of esters is 2. The average Bonchev–Trinajstić information content (AvgIpc) is 2.78. The summed E-state index contributed by atoms with van der Waals surface area (Å²) in [6, 6.07) is 0. The molecule has 0 radical (unpaired) electrons. The Bertz CT molecular complexity index is 551. The predicted molar refractivity (Wildman–Crippen MR) is 78.8 cm³/mol. The van der Waals surface area contributed by atoms with E-state index in [2.05, 4.69) is 0 Å². The van der Waals surface area contributed by atoms with E-state index in [4.69, 9.17) is 9.47 Å². The van der Waals surface area contributed by atoms with Crippen molar-refractivity contribution in [2.75, 3.05) is 0 Å². The lowest BCUT2D eigenvalue weighted by Crippen LogP contribution is -2.42. The first-order valence-electron chi connectivity index (χ1n) is 8.01. The van der Waals surface area contributed by atoms with E-state index < -0.39 is 5.60 Å². The number of fused-ring (bicyclic) bond motifs is 2. The van der Waals surface area contributed by atoms with E-state index in [0.29, 0.717) is 18.4 Å². The number of aliphatic hydroxyl groups is 1. The molecule has 2 aliphatic carbocycles. The first-order chi connectivity index (χ1) is 10.2. The van der Waals surface area contributed by atoms with Crippen molar-refractivity contribution in [2.24, 2.45) is 17.8 Å². The van der Waals surface area contributed by atoms with Gasteiger partial charge in [-0.2, -0.15) is 0 Å². The number of hydrogen-bond acceptors (Lipinski definition) is 5. The van der Waals surface area contributed by atoms with Crippen molar-refractivity contribution < 1.29 is 24.2 Å². The molecule has 6 atom stereocenters. The van der Waals surface area contributed by atoms with Crippen LogP contribution in [0.2, 0.25) is 0 Å². The van der Waals surface area contributed by atoms with Gasteiger partial charge in [-0.15, -0.1) is 0 Å². The van der Waals surface area contributed by atoms with Gasteiger partial charge in [0, 0.05) is 24.8 Å². The van der Waals surface area contributed by atoms with Gasteiger partial charge in [0.15, 0.2) is 0 Å². The normalized spacial score (nSPS) is 44.2. The summed E-state index contributed by atoms with van der Waals surface area (Å²) in [7, 11) is 0. The molecule has 5 heteroatoms. The molecule has 0 saturated heterocycles. The molecule has 5 nitrogen and oxygen atoms in total. The van der Waals surface area contributed by atoms with Crippen molar-refractivity contribution in [3.63, 3.8) is 0 Å². The smallest absolute Gasteiger partial charge is 0.334 e. The van der Waals surface area contributed by atoms with Crippen molar-refractivity contribution in [1.29, 1.82) is 0 Å². The summed E-state index contributed by atoms with van der Waals surface area (Å²) >= 11 is 0. The lowest BCUT2D eigenvalue weighted by atomic mass is 9.77. The second kappa shape index (κ2) is 5.08. The van der Waals surface area contributed by atoms with Crippen LogP contribution in [-0.4, -0.2) is 34.9 Å². The highest BCUT2D eigenvalue weighted by atomic mass is 16.6.